The van der Waals surface area contributed by atoms with Crippen molar-refractivity contribution in [3.8, 4) is 0 Å². The lowest BCUT2D eigenvalue weighted by atomic mass is 9.79. The highest BCUT2D eigenvalue weighted by atomic mass is 32.1. The molecule has 0 aromatic heterocycles. The van der Waals surface area contributed by atoms with E-state index in [1.165, 1.54) is 7.11 Å². The number of benzene rings is 1. The molecule has 0 unspecified atom stereocenters. The SMILES string of the molecule is COC(=O)c1ccc(C(=S)NC2CC(C)(C)NC(C)(C)C2)cc1. The van der Waals surface area contributed by atoms with Gasteiger partial charge in [-0.25, -0.2) is 4.79 Å². The van der Waals surface area contributed by atoms with Crippen LogP contribution < -0.4 is 10.6 Å². The molecule has 0 saturated carbocycles. The number of thiocarbonyl (C=S) groups is 1. The van der Waals surface area contributed by atoms with Crippen molar-refractivity contribution >= 4 is 23.2 Å². The average Bonchev–Trinajstić information content (AvgIpc) is 2.43. The molecule has 2 N–H and O–H groups in total. The predicted molar refractivity (Wildman–Crippen MR) is 96.9 cm³/mol. The first kappa shape index (κ1) is 17.9. The van der Waals surface area contributed by atoms with Crippen molar-refractivity contribution in [3.05, 3.63) is 35.4 Å². The van der Waals surface area contributed by atoms with Gasteiger partial charge in [0.15, 0.2) is 0 Å². The van der Waals surface area contributed by atoms with Gasteiger partial charge in [0.05, 0.1) is 12.7 Å². The molecule has 1 fully saturated rings. The lowest BCUT2D eigenvalue weighted by Gasteiger charge is -2.47. The fraction of sp³-hybridized carbons (Fsp3) is 0.556. The molecule has 126 valence electrons. The number of piperidine rings is 1. The minimum absolute atomic E-state index is 0.0732. The highest BCUT2D eigenvalue weighted by Crippen LogP contribution is 2.28. The molecular weight excluding hydrogens is 308 g/mol. The fourth-order valence-corrected chi connectivity index (χ4v) is 3.87. The van der Waals surface area contributed by atoms with Gasteiger partial charge in [0.25, 0.3) is 0 Å². The van der Waals surface area contributed by atoms with Gasteiger partial charge in [0.2, 0.25) is 0 Å². The molecule has 0 radical (unpaired) electrons. The van der Waals surface area contributed by atoms with Crippen LogP contribution >= 0.6 is 12.2 Å². The molecule has 0 aliphatic carbocycles. The van der Waals surface area contributed by atoms with Crippen LogP contribution in [0, 0.1) is 0 Å². The smallest absolute Gasteiger partial charge is 0.337 e. The third-order valence-corrected chi connectivity index (χ3v) is 4.45. The Hall–Kier alpha value is -1.46. The standard InChI is InChI=1S/C18H26N2O2S/c1-17(2)10-14(11-18(3,4)20-17)19-15(23)12-6-8-13(9-7-12)16(21)22-5/h6-9,14,20H,10-11H2,1-5H3,(H,19,23). The van der Waals surface area contributed by atoms with Crippen LogP contribution in [-0.2, 0) is 4.74 Å². The van der Waals surface area contributed by atoms with Crippen molar-refractivity contribution in [1.29, 1.82) is 0 Å². The zero-order valence-electron chi connectivity index (χ0n) is 14.5. The third-order valence-electron chi connectivity index (χ3n) is 4.09. The van der Waals surface area contributed by atoms with Gasteiger partial charge in [0.1, 0.15) is 4.99 Å². The van der Waals surface area contributed by atoms with Crippen molar-refractivity contribution in [2.24, 2.45) is 0 Å². The van der Waals surface area contributed by atoms with Crippen molar-refractivity contribution in [2.45, 2.75) is 57.7 Å². The molecule has 4 nitrogen and oxygen atoms in total. The van der Waals surface area contributed by atoms with E-state index in [1.54, 1.807) is 12.1 Å². The third kappa shape index (κ3) is 4.75. The first-order valence-electron chi connectivity index (χ1n) is 7.90. The van der Waals surface area contributed by atoms with Crippen LogP contribution in [0.25, 0.3) is 0 Å². The first-order chi connectivity index (χ1) is 10.6. The van der Waals surface area contributed by atoms with E-state index in [2.05, 4.69) is 38.3 Å². The number of nitrogens with one attached hydrogen (secondary N) is 2. The Bertz CT molecular complexity index is 578. The largest absolute Gasteiger partial charge is 0.465 e. The fourth-order valence-electron chi connectivity index (χ4n) is 3.57. The van der Waals surface area contributed by atoms with Gasteiger partial charge < -0.3 is 15.4 Å². The van der Waals surface area contributed by atoms with Gasteiger partial charge in [-0.15, -0.1) is 0 Å². The molecule has 1 saturated heterocycles. The molecule has 0 atom stereocenters. The molecule has 1 aromatic carbocycles. The molecule has 0 amide bonds. The number of hydrogen-bond donors (Lipinski definition) is 2. The number of rotatable bonds is 3. The summed E-state index contributed by atoms with van der Waals surface area (Å²) in [5.74, 6) is -0.336. The van der Waals surface area contributed by atoms with Crippen LogP contribution in [0.1, 0.15) is 56.5 Å². The maximum Gasteiger partial charge on any atom is 0.337 e. The summed E-state index contributed by atoms with van der Waals surface area (Å²) >= 11 is 5.54. The lowest BCUT2D eigenvalue weighted by molar-refractivity contribution is 0.0600. The summed E-state index contributed by atoms with van der Waals surface area (Å²) in [4.78, 5) is 12.2. The number of methoxy groups -OCH3 is 1. The van der Waals surface area contributed by atoms with Crippen molar-refractivity contribution in [3.63, 3.8) is 0 Å². The number of carbonyl (C=O) groups excluding carboxylic acids is 1. The zero-order valence-corrected chi connectivity index (χ0v) is 15.3. The van der Waals surface area contributed by atoms with Crippen LogP contribution in [0.15, 0.2) is 24.3 Å². The summed E-state index contributed by atoms with van der Waals surface area (Å²) in [6.07, 6.45) is 2.02. The Labute approximate surface area is 144 Å². The second-order valence-corrected chi connectivity index (χ2v) is 7.95. The maximum atomic E-state index is 11.5. The first-order valence-corrected chi connectivity index (χ1v) is 8.31. The Balaban J connectivity index is 2.05. The van der Waals surface area contributed by atoms with Crippen LogP contribution in [0.4, 0.5) is 0 Å². The Morgan fingerprint density at radius 1 is 1.13 bits per heavy atom. The van der Waals surface area contributed by atoms with E-state index >= 15 is 0 Å². The second kappa shape index (κ2) is 6.57. The minimum Gasteiger partial charge on any atom is -0.465 e. The van der Waals surface area contributed by atoms with Gasteiger partial charge >= 0.3 is 5.97 Å². The lowest BCUT2D eigenvalue weighted by Crippen LogP contribution is -2.62. The van der Waals surface area contributed by atoms with Gasteiger partial charge in [-0.1, -0.05) is 24.4 Å². The molecule has 1 aromatic rings. The van der Waals surface area contributed by atoms with Crippen LogP contribution in [-0.4, -0.2) is 35.2 Å². The maximum absolute atomic E-state index is 11.5. The van der Waals surface area contributed by atoms with Crippen molar-refractivity contribution < 1.29 is 9.53 Å². The van der Waals surface area contributed by atoms with Gasteiger partial charge in [-0.05, 0) is 52.7 Å². The van der Waals surface area contributed by atoms with Gasteiger partial charge in [-0.2, -0.15) is 0 Å². The quantitative estimate of drug-likeness (QED) is 0.657. The second-order valence-electron chi connectivity index (χ2n) is 7.54. The van der Waals surface area contributed by atoms with E-state index in [0.29, 0.717) is 11.6 Å². The van der Waals surface area contributed by atoms with Crippen molar-refractivity contribution in [1.82, 2.24) is 10.6 Å². The highest BCUT2D eigenvalue weighted by molar-refractivity contribution is 7.80. The predicted octanol–water partition coefficient (Wildman–Crippen LogP) is 3.05. The molecule has 2 rings (SSSR count). The Morgan fingerprint density at radius 2 is 1.61 bits per heavy atom. The van der Waals surface area contributed by atoms with Crippen molar-refractivity contribution in [2.75, 3.05) is 7.11 Å². The number of esters is 1. The van der Waals surface area contributed by atoms with Crippen LogP contribution in [0.5, 0.6) is 0 Å². The van der Waals surface area contributed by atoms with Crippen LogP contribution in [0.2, 0.25) is 0 Å². The molecule has 1 aliphatic heterocycles. The van der Waals surface area contributed by atoms with Crippen LogP contribution in [0.3, 0.4) is 0 Å². The normalized spacial score (nSPS) is 19.9. The summed E-state index contributed by atoms with van der Waals surface area (Å²) in [5, 5.41) is 7.15. The molecule has 23 heavy (non-hydrogen) atoms. The summed E-state index contributed by atoms with van der Waals surface area (Å²) in [7, 11) is 1.38. The molecular formula is C18H26N2O2S. The highest BCUT2D eigenvalue weighted by Gasteiger charge is 2.37. The van der Waals surface area contributed by atoms with E-state index < -0.39 is 0 Å². The number of hydrogen-bond acceptors (Lipinski definition) is 4. The Morgan fingerprint density at radius 3 is 2.09 bits per heavy atom. The molecule has 1 heterocycles. The van der Waals surface area contributed by atoms with E-state index in [0.717, 1.165) is 23.4 Å². The topological polar surface area (TPSA) is 50.4 Å². The summed E-state index contributed by atoms with van der Waals surface area (Å²) < 4.78 is 4.71. The molecule has 1 aliphatic rings. The summed E-state index contributed by atoms with van der Waals surface area (Å²) in [5.41, 5.74) is 1.60. The van der Waals surface area contributed by atoms with Gasteiger partial charge in [-0.3, -0.25) is 0 Å². The number of carbonyl (C=O) groups is 1. The number of ether oxygens (including phenoxy) is 1. The molecule has 5 heteroatoms. The molecule has 0 bridgehead atoms. The zero-order chi connectivity index (χ0) is 17.3. The molecule has 0 spiro atoms. The van der Waals surface area contributed by atoms with E-state index in [1.807, 2.05) is 12.1 Å². The average molecular weight is 334 g/mol. The summed E-state index contributed by atoms with van der Waals surface area (Å²) in [6, 6.07) is 7.53. The van der Waals surface area contributed by atoms with E-state index in [-0.39, 0.29) is 17.0 Å². The minimum atomic E-state index is -0.336. The van der Waals surface area contributed by atoms with Gasteiger partial charge in [0, 0.05) is 22.7 Å². The monoisotopic (exact) mass is 334 g/mol. The van der Waals surface area contributed by atoms with E-state index in [9.17, 15) is 4.79 Å². The summed E-state index contributed by atoms with van der Waals surface area (Å²) in [6.45, 7) is 8.88. The Kier molecular flexibility index (Phi) is 5.11. The van der Waals surface area contributed by atoms with E-state index in [4.69, 9.17) is 17.0 Å².